The third kappa shape index (κ3) is 4.19. The average molecular weight is 389 g/mol. The van der Waals surface area contributed by atoms with E-state index in [9.17, 15) is 4.79 Å². The van der Waals surface area contributed by atoms with Crippen molar-refractivity contribution in [3.63, 3.8) is 0 Å². The molecule has 0 atom stereocenters. The topological polar surface area (TPSA) is 90.4 Å². The van der Waals surface area contributed by atoms with Crippen LogP contribution in [0.1, 0.15) is 24.2 Å². The fourth-order valence-electron chi connectivity index (χ4n) is 2.77. The van der Waals surface area contributed by atoms with Crippen LogP contribution in [-0.2, 0) is 0 Å². The standard InChI is InChI=1S/C22H19N3O4/c1-14(2)28-16-11-9-15(10-12-16)21(26)23-18-7-4-3-6-17(18)22-24-20(25-29-22)19-8-5-13-27-19/h3-14H,1-2H3,(H,23,26). The number of carbonyl (C=O) groups is 1. The van der Waals surface area contributed by atoms with E-state index in [-0.39, 0.29) is 17.9 Å². The highest BCUT2D eigenvalue weighted by atomic mass is 16.5. The molecule has 7 heteroatoms. The number of para-hydroxylation sites is 1. The predicted octanol–water partition coefficient (Wildman–Crippen LogP) is 5.04. The second kappa shape index (κ2) is 8.02. The summed E-state index contributed by atoms with van der Waals surface area (Å²) in [4.78, 5) is 17.1. The zero-order valence-electron chi connectivity index (χ0n) is 16.0. The minimum Gasteiger partial charge on any atom is -0.491 e. The number of aromatic nitrogens is 2. The molecule has 0 radical (unpaired) electrons. The first-order valence-corrected chi connectivity index (χ1v) is 9.15. The first kappa shape index (κ1) is 18.5. The molecule has 0 aliphatic heterocycles. The summed E-state index contributed by atoms with van der Waals surface area (Å²) >= 11 is 0. The van der Waals surface area contributed by atoms with E-state index in [0.717, 1.165) is 0 Å². The number of nitrogens with zero attached hydrogens (tertiary/aromatic N) is 2. The van der Waals surface area contributed by atoms with Crippen molar-refractivity contribution in [2.45, 2.75) is 20.0 Å². The van der Waals surface area contributed by atoms with Crippen LogP contribution in [-0.4, -0.2) is 22.2 Å². The molecule has 0 aliphatic carbocycles. The quantitative estimate of drug-likeness (QED) is 0.497. The van der Waals surface area contributed by atoms with Gasteiger partial charge in [-0.25, -0.2) is 0 Å². The van der Waals surface area contributed by atoms with Gasteiger partial charge in [-0.3, -0.25) is 4.79 Å². The lowest BCUT2D eigenvalue weighted by molar-refractivity contribution is 0.102. The molecule has 4 aromatic rings. The number of hydrogen-bond donors (Lipinski definition) is 1. The van der Waals surface area contributed by atoms with Crippen LogP contribution >= 0.6 is 0 Å². The monoisotopic (exact) mass is 389 g/mol. The largest absolute Gasteiger partial charge is 0.491 e. The van der Waals surface area contributed by atoms with Gasteiger partial charge < -0.3 is 19.0 Å². The van der Waals surface area contributed by atoms with Crippen LogP contribution in [0.5, 0.6) is 5.75 Å². The fourth-order valence-corrected chi connectivity index (χ4v) is 2.77. The Bertz CT molecular complexity index is 1100. The summed E-state index contributed by atoms with van der Waals surface area (Å²) in [7, 11) is 0. The van der Waals surface area contributed by atoms with Gasteiger partial charge in [0.25, 0.3) is 11.8 Å². The Balaban J connectivity index is 1.55. The molecule has 0 unspecified atom stereocenters. The highest BCUT2D eigenvalue weighted by molar-refractivity contribution is 6.06. The van der Waals surface area contributed by atoms with Gasteiger partial charge in [0.1, 0.15) is 5.75 Å². The molecular formula is C22H19N3O4. The number of carbonyl (C=O) groups excluding carboxylic acids is 1. The first-order valence-electron chi connectivity index (χ1n) is 9.15. The third-order valence-electron chi connectivity index (χ3n) is 4.06. The number of furan rings is 1. The van der Waals surface area contributed by atoms with Gasteiger partial charge in [0.05, 0.1) is 23.6 Å². The molecule has 29 heavy (non-hydrogen) atoms. The van der Waals surface area contributed by atoms with Crippen molar-refractivity contribution in [1.82, 2.24) is 10.1 Å². The van der Waals surface area contributed by atoms with Gasteiger partial charge in [-0.2, -0.15) is 4.98 Å². The lowest BCUT2D eigenvalue weighted by Crippen LogP contribution is -2.13. The maximum atomic E-state index is 12.7. The maximum Gasteiger partial charge on any atom is 0.260 e. The summed E-state index contributed by atoms with van der Waals surface area (Å²) in [5.41, 5.74) is 1.69. The second-order valence-electron chi connectivity index (χ2n) is 6.59. The molecule has 1 amide bonds. The van der Waals surface area contributed by atoms with Crippen molar-refractivity contribution >= 4 is 11.6 Å². The van der Waals surface area contributed by atoms with E-state index in [1.165, 1.54) is 6.26 Å². The summed E-state index contributed by atoms with van der Waals surface area (Å²) in [6.45, 7) is 3.90. The number of ether oxygens (including phenoxy) is 1. The van der Waals surface area contributed by atoms with E-state index in [1.807, 2.05) is 26.0 Å². The number of nitrogens with one attached hydrogen (secondary N) is 1. The van der Waals surface area contributed by atoms with E-state index in [0.29, 0.717) is 34.1 Å². The zero-order chi connectivity index (χ0) is 20.2. The number of amides is 1. The molecule has 7 nitrogen and oxygen atoms in total. The van der Waals surface area contributed by atoms with Crippen molar-refractivity contribution in [1.29, 1.82) is 0 Å². The number of rotatable bonds is 6. The SMILES string of the molecule is CC(C)Oc1ccc(C(=O)Nc2ccccc2-c2nc(-c3ccco3)no2)cc1. The minimum atomic E-state index is -0.251. The summed E-state index contributed by atoms with van der Waals surface area (Å²) in [6.07, 6.45) is 1.61. The van der Waals surface area contributed by atoms with Crippen molar-refractivity contribution in [3.05, 3.63) is 72.5 Å². The molecule has 0 fully saturated rings. The third-order valence-corrected chi connectivity index (χ3v) is 4.06. The van der Waals surface area contributed by atoms with E-state index in [1.54, 1.807) is 48.5 Å². The normalized spacial score (nSPS) is 10.9. The van der Waals surface area contributed by atoms with Crippen LogP contribution in [0, 0.1) is 0 Å². The van der Waals surface area contributed by atoms with E-state index in [2.05, 4.69) is 15.5 Å². The van der Waals surface area contributed by atoms with Crippen LogP contribution in [0.15, 0.2) is 75.9 Å². The average Bonchev–Trinajstić information content (AvgIpc) is 3.40. The zero-order valence-corrected chi connectivity index (χ0v) is 16.0. The van der Waals surface area contributed by atoms with Crippen LogP contribution < -0.4 is 10.1 Å². The van der Waals surface area contributed by atoms with Gasteiger partial charge in [-0.15, -0.1) is 0 Å². The fraction of sp³-hybridized carbons (Fsp3) is 0.136. The molecule has 0 aliphatic rings. The summed E-state index contributed by atoms with van der Waals surface area (Å²) < 4.78 is 16.3. The Morgan fingerprint density at radius 3 is 2.55 bits per heavy atom. The van der Waals surface area contributed by atoms with Crippen LogP contribution in [0.25, 0.3) is 23.0 Å². The Morgan fingerprint density at radius 2 is 1.83 bits per heavy atom. The first-order chi connectivity index (χ1) is 14.1. The van der Waals surface area contributed by atoms with Gasteiger partial charge in [-0.05, 0) is 62.4 Å². The van der Waals surface area contributed by atoms with Gasteiger partial charge in [0, 0.05) is 5.56 Å². The highest BCUT2D eigenvalue weighted by Crippen LogP contribution is 2.29. The lowest BCUT2D eigenvalue weighted by atomic mass is 10.1. The minimum absolute atomic E-state index is 0.0713. The molecule has 0 bridgehead atoms. The Morgan fingerprint density at radius 1 is 1.03 bits per heavy atom. The molecule has 2 aromatic carbocycles. The van der Waals surface area contributed by atoms with Gasteiger partial charge in [-0.1, -0.05) is 17.3 Å². The van der Waals surface area contributed by atoms with Crippen molar-refractivity contribution < 1.29 is 18.5 Å². The van der Waals surface area contributed by atoms with Crippen molar-refractivity contribution in [3.8, 4) is 28.8 Å². The van der Waals surface area contributed by atoms with Crippen molar-refractivity contribution in [2.24, 2.45) is 0 Å². The van der Waals surface area contributed by atoms with Crippen LogP contribution in [0.3, 0.4) is 0 Å². The lowest BCUT2D eigenvalue weighted by Gasteiger charge is -2.11. The number of benzene rings is 2. The van der Waals surface area contributed by atoms with E-state index >= 15 is 0 Å². The van der Waals surface area contributed by atoms with Gasteiger partial charge >= 0.3 is 0 Å². The Hall–Kier alpha value is -3.87. The Labute approximate surface area is 167 Å². The molecule has 1 N–H and O–H groups in total. The van der Waals surface area contributed by atoms with E-state index in [4.69, 9.17) is 13.7 Å². The van der Waals surface area contributed by atoms with Crippen LogP contribution in [0.2, 0.25) is 0 Å². The molecule has 146 valence electrons. The molecule has 0 saturated carbocycles. The molecule has 2 aromatic heterocycles. The summed E-state index contributed by atoms with van der Waals surface area (Å²) in [5, 5.41) is 6.84. The Kier molecular flexibility index (Phi) is 5.11. The molecule has 2 heterocycles. The van der Waals surface area contributed by atoms with Gasteiger partial charge in [0.15, 0.2) is 5.76 Å². The molecule has 4 rings (SSSR count). The number of anilines is 1. The van der Waals surface area contributed by atoms with E-state index < -0.39 is 0 Å². The molecule has 0 spiro atoms. The summed E-state index contributed by atoms with van der Waals surface area (Å²) in [5.74, 6) is 1.60. The summed E-state index contributed by atoms with van der Waals surface area (Å²) in [6, 6.07) is 17.7. The maximum absolute atomic E-state index is 12.7. The highest BCUT2D eigenvalue weighted by Gasteiger charge is 2.17. The predicted molar refractivity (Wildman–Crippen MR) is 108 cm³/mol. The molecule has 0 saturated heterocycles. The molecular weight excluding hydrogens is 370 g/mol. The smallest absolute Gasteiger partial charge is 0.260 e. The van der Waals surface area contributed by atoms with Gasteiger partial charge in [0.2, 0.25) is 5.82 Å². The van der Waals surface area contributed by atoms with Crippen LogP contribution in [0.4, 0.5) is 5.69 Å². The second-order valence-corrected chi connectivity index (χ2v) is 6.59. The number of hydrogen-bond acceptors (Lipinski definition) is 6. The van der Waals surface area contributed by atoms with Crippen molar-refractivity contribution in [2.75, 3.05) is 5.32 Å².